The van der Waals surface area contributed by atoms with Crippen LogP contribution in [0, 0.1) is 0 Å². The minimum Gasteiger partial charge on any atom is -0.339 e. The molecule has 1 atom stereocenters. The summed E-state index contributed by atoms with van der Waals surface area (Å²) in [7, 11) is 0. The zero-order valence-corrected chi connectivity index (χ0v) is 12.5. The lowest BCUT2D eigenvalue weighted by molar-refractivity contribution is -0.138. The Morgan fingerprint density at radius 2 is 2.19 bits per heavy atom. The predicted molar refractivity (Wildman–Crippen MR) is 75.0 cm³/mol. The van der Waals surface area contributed by atoms with E-state index < -0.39 is 11.7 Å². The monoisotopic (exact) mass is 318 g/mol. The van der Waals surface area contributed by atoms with E-state index in [-0.39, 0.29) is 17.7 Å². The van der Waals surface area contributed by atoms with Gasteiger partial charge in [-0.05, 0) is 38.3 Å². The van der Waals surface area contributed by atoms with Crippen LogP contribution in [0.2, 0.25) is 0 Å². The van der Waals surface area contributed by atoms with Crippen molar-refractivity contribution in [3.8, 4) is 0 Å². The first-order valence-electron chi connectivity index (χ1n) is 6.83. The zero-order chi connectivity index (χ0) is 15.5. The summed E-state index contributed by atoms with van der Waals surface area (Å²) in [5.74, 6) is 0.233. The van der Waals surface area contributed by atoms with Crippen molar-refractivity contribution in [3.63, 3.8) is 0 Å². The van der Waals surface area contributed by atoms with Crippen molar-refractivity contribution in [2.24, 2.45) is 0 Å². The third-order valence-electron chi connectivity index (χ3n) is 3.53. The number of hydrogen-bond donors (Lipinski definition) is 0. The minimum absolute atomic E-state index is 0.0221. The molecule has 1 aromatic rings. The molecule has 0 aromatic carbocycles. The highest BCUT2D eigenvalue weighted by molar-refractivity contribution is 7.99. The van der Waals surface area contributed by atoms with Gasteiger partial charge in [0.05, 0.1) is 16.3 Å². The molecule has 0 bridgehead atoms. The summed E-state index contributed by atoms with van der Waals surface area (Å²) in [6.07, 6.45) is -0.418. The summed E-state index contributed by atoms with van der Waals surface area (Å²) in [5, 5.41) is 0.431. The molecule has 0 aliphatic carbocycles. The number of rotatable bonds is 3. The van der Waals surface area contributed by atoms with Crippen molar-refractivity contribution in [1.29, 1.82) is 0 Å². The fraction of sp³-hybridized carbons (Fsp3) is 0.571. The molecule has 2 rings (SSSR count). The highest BCUT2D eigenvalue weighted by Gasteiger charge is 2.30. The largest absolute Gasteiger partial charge is 0.417 e. The van der Waals surface area contributed by atoms with Gasteiger partial charge in [0.1, 0.15) is 0 Å². The van der Waals surface area contributed by atoms with E-state index in [4.69, 9.17) is 0 Å². The van der Waals surface area contributed by atoms with Crippen LogP contribution in [-0.4, -0.2) is 34.1 Å². The molecule has 2 heterocycles. The molecule has 3 nitrogen and oxygen atoms in total. The Labute approximate surface area is 125 Å². The lowest BCUT2D eigenvalue weighted by atomic mass is 10.0. The number of alkyl halides is 3. The zero-order valence-electron chi connectivity index (χ0n) is 11.7. The summed E-state index contributed by atoms with van der Waals surface area (Å²) in [6.45, 7) is 2.79. The van der Waals surface area contributed by atoms with Gasteiger partial charge < -0.3 is 4.90 Å². The number of hydrogen-bond acceptors (Lipinski definition) is 3. The quantitative estimate of drug-likeness (QED) is 0.799. The second-order valence-electron chi connectivity index (χ2n) is 5.10. The van der Waals surface area contributed by atoms with Crippen molar-refractivity contribution in [2.45, 2.75) is 43.4 Å². The SMILES string of the molecule is CC1CCCCN1C(=O)CSc1ccc(C(F)(F)F)cn1. The van der Waals surface area contributed by atoms with Gasteiger partial charge in [-0.3, -0.25) is 4.79 Å². The van der Waals surface area contributed by atoms with Crippen LogP contribution >= 0.6 is 11.8 Å². The van der Waals surface area contributed by atoms with Crippen molar-refractivity contribution < 1.29 is 18.0 Å². The molecule has 1 amide bonds. The number of nitrogens with zero attached hydrogens (tertiary/aromatic N) is 2. The van der Waals surface area contributed by atoms with Gasteiger partial charge in [-0.2, -0.15) is 13.2 Å². The Balaban J connectivity index is 1.89. The van der Waals surface area contributed by atoms with Crippen LogP contribution < -0.4 is 0 Å². The molecule has 0 spiro atoms. The Bertz CT molecular complexity index is 490. The summed E-state index contributed by atoms with van der Waals surface area (Å²) in [4.78, 5) is 17.7. The third kappa shape index (κ3) is 4.36. The number of piperidine rings is 1. The molecular formula is C14H17F3N2OS. The number of amides is 1. The first-order valence-corrected chi connectivity index (χ1v) is 7.82. The van der Waals surface area contributed by atoms with Gasteiger partial charge in [0.2, 0.25) is 5.91 Å². The summed E-state index contributed by atoms with van der Waals surface area (Å²) >= 11 is 1.17. The van der Waals surface area contributed by atoms with E-state index in [1.807, 2.05) is 11.8 Å². The Morgan fingerprint density at radius 1 is 1.43 bits per heavy atom. The topological polar surface area (TPSA) is 33.2 Å². The lowest BCUT2D eigenvalue weighted by Gasteiger charge is -2.33. The van der Waals surface area contributed by atoms with Crippen LogP contribution in [0.4, 0.5) is 13.2 Å². The number of aromatic nitrogens is 1. The maximum Gasteiger partial charge on any atom is 0.417 e. The Morgan fingerprint density at radius 3 is 2.76 bits per heavy atom. The lowest BCUT2D eigenvalue weighted by Crippen LogP contribution is -2.42. The molecule has 116 valence electrons. The van der Waals surface area contributed by atoms with E-state index in [0.717, 1.165) is 38.1 Å². The molecule has 7 heteroatoms. The molecule has 1 aliphatic heterocycles. The van der Waals surface area contributed by atoms with Crippen molar-refractivity contribution in [1.82, 2.24) is 9.88 Å². The highest BCUT2D eigenvalue weighted by Crippen LogP contribution is 2.29. The van der Waals surface area contributed by atoms with Crippen molar-refractivity contribution >= 4 is 17.7 Å². The van der Waals surface area contributed by atoms with Gasteiger partial charge in [-0.25, -0.2) is 4.98 Å². The maximum atomic E-state index is 12.4. The number of likely N-dealkylation sites (tertiary alicyclic amines) is 1. The van der Waals surface area contributed by atoms with Gasteiger partial charge in [0.25, 0.3) is 0 Å². The minimum atomic E-state index is -4.38. The van der Waals surface area contributed by atoms with Crippen LogP contribution in [0.3, 0.4) is 0 Å². The van der Waals surface area contributed by atoms with Crippen LogP contribution in [0.5, 0.6) is 0 Å². The van der Waals surface area contributed by atoms with Crippen LogP contribution in [0.25, 0.3) is 0 Å². The van der Waals surface area contributed by atoms with E-state index in [2.05, 4.69) is 4.98 Å². The summed E-state index contributed by atoms with van der Waals surface area (Å²) in [5.41, 5.74) is -0.775. The van der Waals surface area contributed by atoms with Crippen molar-refractivity contribution in [3.05, 3.63) is 23.9 Å². The van der Waals surface area contributed by atoms with Crippen LogP contribution in [0.15, 0.2) is 23.4 Å². The molecule has 1 unspecified atom stereocenters. The maximum absolute atomic E-state index is 12.4. The predicted octanol–water partition coefficient (Wildman–Crippen LogP) is 3.59. The van der Waals surface area contributed by atoms with Crippen LogP contribution in [-0.2, 0) is 11.0 Å². The fourth-order valence-electron chi connectivity index (χ4n) is 2.32. The van der Waals surface area contributed by atoms with Gasteiger partial charge in [-0.1, -0.05) is 11.8 Å². The summed E-state index contributed by atoms with van der Waals surface area (Å²) in [6, 6.07) is 2.54. The fourth-order valence-corrected chi connectivity index (χ4v) is 3.05. The number of carbonyl (C=O) groups is 1. The second kappa shape index (κ2) is 6.68. The smallest absolute Gasteiger partial charge is 0.339 e. The van der Waals surface area contributed by atoms with E-state index >= 15 is 0 Å². The Kier molecular flexibility index (Phi) is 5.13. The normalized spacial score (nSPS) is 19.6. The van der Waals surface area contributed by atoms with Gasteiger partial charge >= 0.3 is 6.18 Å². The van der Waals surface area contributed by atoms with Gasteiger partial charge in [0.15, 0.2) is 0 Å². The number of pyridine rings is 1. The average Bonchev–Trinajstić information content (AvgIpc) is 2.45. The third-order valence-corrected chi connectivity index (χ3v) is 4.46. The summed E-state index contributed by atoms with van der Waals surface area (Å²) < 4.78 is 37.2. The molecule has 1 fully saturated rings. The van der Waals surface area contributed by atoms with Gasteiger partial charge in [-0.15, -0.1) is 0 Å². The van der Waals surface area contributed by atoms with E-state index in [1.165, 1.54) is 17.8 Å². The molecule has 1 aromatic heterocycles. The first-order chi connectivity index (χ1) is 9.88. The Hall–Kier alpha value is -1.24. The molecule has 21 heavy (non-hydrogen) atoms. The number of carbonyl (C=O) groups excluding carboxylic acids is 1. The molecule has 1 aliphatic rings. The highest BCUT2D eigenvalue weighted by atomic mass is 32.2. The molecular weight excluding hydrogens is 301 g/mol. The molecule has 1 saturated heterocycles. The van der Waals surface area contributed by atoms with Crippen molar-refractivity contribution in [2.75, 3.05) is 12.3 Å². The number of halogens is 3. The molecule has 0 saturated carbocycles. The second-order valence-corrected chi connectivity index (χ2v) is 6.10. The van der Waals surface area contributed by atoms with E-state index in [9.17, 15) is 18.0 Å². The van der Waals surface area contributed by atoms with Gasteiger partial charge in [0, 0.05) is 18.8 Å². The molecule has 0 N–H and O–H groups in total. The standard InChI is InChI=1S/C14H17F3N2OS/c1-10-4-2-3-7-19(10)13(20)9-21-12-6-5-11(8-18-12)14(15,16)17/h5-6,8,10H,2-4,7,9H2,1H3. The van der Waals surface area contributed by atoms with Crippen LogP contribution in [0.1, 0.15) is 31.7 Å². The average molecular weight is 318 g/mol. The van der Waals surface area contributed by atoms with E-state index in [1.54, 1.807) is 0 Å². The first kappa shape index (κ1) is 16.1. The van der Waals surface area contributed by atoms with E-state index in [0.29, 0.717) is 5.03 Å². The molecule has 0 radical (unpaired) electrons. The number of thioether (sulfide) groups is 1.